The van der Waals surface area contributed by atoms with E-state index in [0.29, 0.717) is 0 Å². The van der Waals surface area contributed by atoms with Gasteiger partial charge in [-0.1, -0.05) is 18.6 Å². The van der Waals surface area contributed by atoms with Crippen LogP contribution in [0.25, 0.3) is 10.8 Å². The molecule has 0 atom stereocenters. The molecule has 3 rings (SSSR count). The van der Waals surface area contributed by atoms with Crippen LogP contribution >= 0.6 is 0 Å². The van der Waals surface area contributed by atoms with E-state index >= 15 is 0 Å². The SMILES string of the molecule is CC[C](=[Zr+2])CC.Cc1ccc(C)c2[cH-]ccc12.[Cl-].[Cl-].c1cc[cH-]c1. The minimum absolute atomic E-state index is 0. The zero-order valence-electron chi connectivity index (χ0n) is 14.9. The van der Waals surface area contributed by atoms with Crippen LogP contribution in [-0.2, 0) is 24.2 Å². The molecule has 0 fully saturated rings. The van der Waals surface area contributed by atoms with Crippen molar-refractivity contribution in [3.05, 3.63) is 71.8 Å². The zero-order chi connectivity index (χ0) is 16.4. The molecule has 0 aliphatic rings. The maximum atomic E-state index is 2.22. The van der Waals surface area contributed by atoms with Crippen molar-refractivity contribution in [1.29, 1.82) is 0 Å². The van der Waals surface area contributed by atoms with Crippen LogP contribution in [0, 0.1) is 13.8 Å². The Bertz CT molecular complexity index is 607. The van der Waals surface area contributed by atoms with Crippen LogP contribution in [0.15, 0.2) is 60.7 Å². The summed E-state index contributed by atoms with van der Waals surface area (Å²) in [6, 6.07) is 20.8. The molecular formula is C21H26Cl2Zr-2. The molecule has 3 heteroatoms. The third-order valence-corrected chi connectivity index (χ3v) is 5.40. The summed E-state index contributed by atoms with van der Waals surface area (Å²) in [5.74, 6) is 0. The second-order valence-corrected chi connectivity index (χ2v) is 7.06. The second kappa shape index (κ2) is 14.8. The van der Waals surface area contributed by atoms with Crippen LogP contribution in [-0.4, -0.2) is 3.21 Å². The van der Waals surface area contributed by atoms with Crippen molar-refractivity contribution >= 4 is 14.0 Å². The van der Waals surface area contributed by atoms with Crippen LogP contribution < -0.4 is 24.8 Å². The minimum Gasteiger partial charge on any atom is -1.00 e. The molecule has 0 heterocycles. The Morgan fingerprint density at radius 3 is 1.79 bits per heavy atom. The van der Waals surface area contributed by atoms with E-state index in [1.807, 2.05) is 30.3 Å². The number of fused-ring (bicyclic) bond motifs is 1. The number of benzene rings is 1. The molecule has 3 aromatic rings. The molecule has 0 aliphatic carbocycles. The molecule has 0 aromatic heterocycles. The van der Waals surface area contributed by atoms with Gasteiger partial charge >= 0.3 is 54.1 Å². The van der Waals surface area contributed by atoms with E-state index < -0.39 is 0 Å². The average Bonchev–Trinajstić information content (AvgIpc) is 3.25. The molecule has 130 valence electrons. The first-order chi connectivity index (χ1) is 10.6. The van der Waals surface area contributed by atoms with Crippen LogP contribution in [0.1, 0.15) is 37.8 Å². The number of aryl methyl sites for hydroxylation is 2. The summed E-state index contributed by atoms with van der Waals surface area (Å²) in [7, 11) is 0. The van der Waals surface area contributed by atoms with Crippen molar-refractivity contribution in [2.45, 2.75) is 40.5 Å². The smallest absolute Gasteiger partial charge is 0.0488 e. The molecule has 0 saturated carbocycles. The van der Waals surface area contributed by atoms with Gasteiger partial charge in [0.25, 0.3) is 0 Å². The van der Waals surface area contributed by atoms with Crippen LogP contribution in [0.3, 0.4) is 0 Å². The fourth-order valence-electron chi connectivity index (χ4n) is 2.11. The molecule has 0 saturated heterocycles. The largest absolute Gasteiger partial charge is 1.00 e. The Hall–Kier alpha value is -0.487. The molecule has 0 unspecified atom stereocenters. The Kier molecular flexibility index (Phi) is 15.9. The quantitative estimate of drug-likeness (QED) is 0.497. The monoisotopic (exact) mass is 438 g/mol. The van der Waals surface area contributed by atoms with Crippen molar-refractivity contribution in [2.75, 3.05) is 0 Å². The minimum atomic E-state index is 0. The summed E-state index contributed by atoms with van der Waals surface area (Å²) in [4.78, 5) is 0. The van der Waals surface area contributed by atoms with Gasteiger partial charge in [0.15, 0.2) is 0 Å². The normalized spacial score (nSPS) is 8.75. The average molecular weight is 441 g/mol. The van der Waals surface area contributed by atoms with E-state index in [2.05, 4.69) is 58.0 Å². The van der Waals surface area contributed by atoms with Crippen molar-refractivity contribution in [2.24, 2.45) is 0 Å². The van der Waals surface area contributed by atoms with E-state index in [4.69, 9.17) is 0 Å². The van der Waals surface area contributed by atoms with Gasteiger partial charge in [0.1, 0.15) is 0 Å². The van der Waals surface area contributed by atoms with Gasteiger partial charge in [-0.15, -0.1) is 28.5 Å². The van der Waals surface area contributed by atoms with Crippen molar-refractivity contribution in [1.82, 2.24) is 0 Å². The Labute approximate surface area is 174 Å². The molecule has 0 bridgehead atoms. The molecule has 0 nitrogen and oxygen atoms in total. The third-order valence-electron chi connectivity index (χ3n) is 3.66. The van der Waals surface area contributed by atoms with Gasteiger partial charge in [0, 0.05) is 0 Å². The predicted molar refractivity (Wildman–Crippen MR) is 96.6 cm³/mol. The van der Waals surface area contributed by atoms with Crippen molar-refractivity contribution < 1.29 is 49.0 Å². The predicted octanol–water partition coefficient (Wildman–Crippen LogP) is 0.115. The molecule has 3 aromatic carbocycles. The first kappa shape index (κ1) is 25.7. The topological polar surface area (TPSA) is 0 Å². The number of hydrogen-bond acceptors (Lipinski definition) is 0. The second-order valence-electron chi connectivity index (χ2n) is 5.33. The summed E-state index contributed by atoms with van der Waals surface area (Å²) >= 11 is 1.62. The fourth-order valence-corrected chi connectivity index (χ4v) is 2.11. The zero-order valence-corrected chi connectivity index (χ0v) is 18.9. The fraction of sp³-hybridized carbons (Fsp3) is 0.286. The van der Waals surface area contributed by atoms with Crippen molar-refractivity contribution in [3.63, 3.8) is 0 Å². The van der Waals surface area contributed by atoms with E-state index in [1.54, 1.807) is 27.4 Å². The van der Waals surface area contributed by atoms with E-state index in [9.17, 15) is 0 Å². The Morgan fingerprint density at radius 1 is 0.875 bits per heavy atom. The van der Waals surface area contributed by atoms with E-state index in [-0.39, 0.29) is 24.8 Å². The molecule has 24 heavy (non-hydrogen) atoms. The molecule has 0 amide bonds. The van der Waals surface area contributed by atoms with Gasteiger partial charge in [-0.25, -0.2) is 12.1 Å². The van der Waals surface area contributed by atoms with Gasteiger partial charge in [-0.2, -0.15) is 30.3 Å². The number of halogens is 2. The number of rotatable bonds is 2. The molecule has 0 radical (unpaired) electrons. The first-order valence-corrected chi connectivity index (χ1v) is 9.17. The summed E-state index contributed by atoms with van der Waals surface area (Å²) in [6.45, 7) is 8.74. The van der Waals surface area contributed by atoms with Crippen molar-refractivity contribution in [3.8, 4) is 0 Å². The third kappa shape index (κ3) is 9.12. The van der Waals surface area contributed by atoms with Crippen LogP contribution in [0.2, 0.25) is 0 Å². The van der Waals surface area contributed by atoms with Gasteiger partial charge in [0.05, 0.1) is 0 Å². The van der Waals surface area contributed by atoms with Gasteiger partial charge in [-0.3, -0.25) is 0 Å². The van der Waals surface area contributed by atoms with Gasteiger partial charge < -0.3 is 24.8 Å². The Morgan fingerprint density at radius 2 is 1.42 bits per heavy atom. The molecule has 0 aliphatic heterocycles. The first-order valence-electron chi connectivity index (χ1n) is 7.94. The summed E-state index contributed by atoms with van der Waals surface area (Å²) in [5.41, 5.74) is 2.74. The maximum Gasteiger partial charge on any atom is -0.0488 e. The van der Waals surface area contributed by atoms with E-state index in [1.165, 1.54) is 34.7 Å². The number of hydrogen-bond donors (Lipinski definition) is 0. The Balaban J connectivity index is 0. The van der Waals surface area contributed by atoms with Gasteiger partial charge in [0.2, 0.25) is 0 Å². The summed E-state index contributed by atoms with van der Waals surface area (Å²) in [5, 5.41) is 2.79. The molecule has 0 spiro atoms. The van der Waals surface area contributed by atoms with E-state index in [0.717, 1.165) is 0 Å². The van der Waals surface area contributed by atoms with Crippen LogP contribution in [0.4, 0.5) is 0 Å². The van der Waals surface area contributed by atoms with Crippen LogP contribution in [0.5, 0.6) is 0 Å². The summed E-state index contributed by atoms with van der Waals surface area (Å²) < 4.78 is 1.68. The standard InChI is InChI=1S/C11H11.C5H5.C5H10.2ClH.Zr/c1-8-6-7-9(2)11-5-3-4-10(8)11;1-2-4-5-3-1;1-3-5-4-2;;;/h3-7H,1-2H3;1-5H;3-4H2,1-2H3;2*1H;/q2*-1;;;;+2/p-2. The summed E-state index contributed by atoms with van der Waals surface area (Å²) in [6.07, 6.45) is 2.57. The molecular weight excluding hydrogens is 414 g/mol. The van der Waals surface area contributed by atoms with Gasteiger partial charge in [-0.05, 0) is 6.92 Å². The molecule has 0 N–H and O–H groups in total. The maximum absolute atomic E-state index is 2.22.